The summed E-state index contributed by atoms with van der Waals surface area (Å²) in [5.41, 5.74) is 1.00. The summed E-state index contributed by atoms with van der Waals surface area (Å²) in [5.74, 6) is 1.17. The molecule has 0 saturated heterocycles. The fraction of sp³-hybridized carbons (Fsp3) is 0.538. The molecule has 0 N–H and O–H groups in total. The van der Waals surface area contributed by atoms with Gasteiger partial charge in [-0.15, -0.1) is 0 Å². The number of halogens is 2. The highest BCUT2D eigenvalue weighted by Gasteiger charge is 2.36. The van der Waals surface area contributed by atoms with Crippen molar-refractivity contribution in [1.82, 2.24) is 4.67 Å². The molecule has 1 aromatic carbocycles. The molecule has 0 saturated carbocycles. The minimum Gasteiger partial charge on any atom is -0.432 e. The van der Waals surface area contributed by atoms with Gasteiger partial charge in [0.15, 0.2) is 0 Å². The summed E-state index contributed by atoms with van der Waals surface area (Å²) in [7, 11) is 0. The molecule has 3 nitrogen and oxygen atoms in total. The van der Waals surface area contributed by atoms with Crippen molar-refractivity contribution in [3.05, 3.63) is 27.7 Å². The third-order valence-electron chi connectivity index (χ3n) is 2.88. The largest absolute Gasteiger partial charge is 0.432 e. The second-order valence-corrected chi connectivity index (χ2v) is 9.23. The van der Waals surface area contributed by atoms with Crippen LogP contribution in [0.15, 0.2) is 12.1 Å². The number of hydrogen-bond donors (Lipinski definition) is 0. The van der Waals surface area contributed by atoms with Crippen molar-refractivity contribution in [3.8, 4) is 5.75 Å². The zero-order valence-corrected chi connectivity index (χ0v) is 15.0. The second kappa shape index (κ2) is 6.51. The lowest BCUT2D eigenvalue weighted by Gasteiger charge is -2.39. The summed E-state index contributed by atoms with van der Waals surface area (Å²) in [5, 5.41) is 1.01. The van der Waals surface area contributed by atoms with E-state index in [2.05, 4.69) is 18.5 Å². The Morgan fingerprint density at radius 2 is 2.05 bits per heavy atom. The predicted molar refractivity (Wildman–Crippen MR) is 88.2 cm³/mol. The Kier molecular flexibility index (Phi) is 5.39. The number of nitrogens with zero attached hydrogens (tertiary/aromatic N) is 1. The fourth-order valence-electron chi connectivity index (χ4n) is 2.10. The molecule has 0 aromatic heterocycles. The van der Waals surface area contributed by atoms with E-state index in [1.54, 1.807) is 6.07 Å². The van der Waals surface area contributed by atoms with Crippen LogP contribution in [0.5, 0.6) is 5.75 Å². The van der Waals surface area contributed by atoms with Gasteiger partial charge in [-0.25, -0.2) is 4.67 Å². The standard InChI is InChI=1S/C13H18Cl2NO2PS/c1-4-17-19(20)16(7-9(2)3)8-10-5-11(14)12(15)6-13(10)18-19/h5-6,9H,4,7-8H2,1-3H3. The van der Waals surface area contributed by atoms with E-state index in [1.165, 1.54) is 0 Å². The lowest BCUT2D eigenvalue weighted by atomic mass is 10.2. The molecule has 1 aliphatic heterocycles. The SMILES string of the molecule is CCOP1(=S)Oc2cc(Cl)c(Cl)cc2CN1CC(C)C. The molecule has 0 radical (unpaired) electrons. The van der Waals surface area contributed by atoms with E-state index < -0.39 is 6.64 Å². The van der Waals surface area contributed by atoms with Crippen LogP contribution in [-0.4, -0.2) is 17.8 Å². The molecule has 0 aliphatic carbocycles. The van der Waals surface area contributed by atoms with Crippen LogP contribution in [0, 0.1) is 5.92 Å². The molecule has 7 heteroatoms. The average Bonchev–Trinajstić information content (AvgIpc) is 2.33. The van der Waals surface area contributed by atoms with Crippen LogP contribution in [-0.2, 0) is 22.9 Å². The highest BCUT2D eigenvalue weighted by Crippen LogP contribution is 2.57. The van der Waals surface area contributed by atoms with Crippen LogP contribution in [0.1, 0.15) is 26.3 Å². The van der Waals surface area contributed by atoms with E-state index in [0.29, 0.717) is 34.9 Å². The van der Waals surface area contributed by atoms with Gasteiger partial charge in [0.25, 0.3) is 0 Å². The van der Waals surface area contributed by atoms with Crippen LogP contribution < -0.4 is 4.52 Å². The van der Waals surface area contributed by atoms with E-state index in [9.17, 15) is 0 Å². The minimum absolute atomic E-state index is 0.473. The third kappa shape index (κ3) is 3.49. The topological polar surface area (TPSA) is 21.7 Å². The quantitative estimate of drug-likeness (QED) is 0.701. The van der Waals surface area contributed by atoms with Gasteiger partial charge >= 0.3 is 6.64 Å². The van der Waals surface area contributed by atoms with Gasteiger partial charge in [-0.2, -0.15) is 0 Å². The van der Waals surface area contributed by atoms with Crippen LogP contribution in [0.3, 0.4) is 0 Å². The van der Waals surface area contributed by atoms with Crippen LogP contribution >= 0.6 is 29.8 Å². The smallest absolute Gasteiger partial charge is 0.315 e. The van der Waals surface area contributed by atoms with Gasteiger partial charge in [-0.3, -0.25) is 0 Å². The molecule has 0 fully saturated rings. The summed E-state index contributed by atoms with van der Waals surface area (Å²) in [6, 6.07) is 3.57. The molecule has 1 atom stereocenters. The van der Waals surface area contributed by atoms with Crippen molar-refractivity contribution in [3.63, 3.8) is 0 Å². The van der Waals surface area contributed by atoms with Crippen molar-refractivity contribution < 1.29 is 9.05 Å². The van der Waals surface area contributed by atoms with Crippen molar-refractivity contribution in [2.45, 2.75) is 27.3 Å². The third-order valence-corrected chi connectivity index (χ3v) is 6.85. The lowest BCUT2D eigenvalue weighted by Crippen LogP contribution is -2.31. The fourth-order valence-corrected chi connectivity index (χ4v) is 5.30. The van der Waals surface area contributed by atoms with Gasteiger partial charge in [0.2, 0.25) is 0 Å². The monoisotopic (exact) mass is 353 g/mol. The average molecular weight is 354 g/mol. The highest BCUT2D eigenvalue weighted by molar-refractivity contribution is 8.08. The van der Waals surface area contributed by atoms with Crippen LogP contribution in [0.2, 0.25) is 10.0 Å². The summed E-state index contributed by atoms with van der Waals surface area (Å²) < 4.78 is 13.9. The first-order valence-corrected chi connectivity index (χ1v) is 9.88. The summed E-state index contributed by atoms with van der Waals surface area (Å²) in [6.07, 6.45) is 0. The first-order valence-electron chi connectivity index (χ1n) is 6.53. The number of rotatable bonds is 4. The van der Waals surface area contributed by atoms with E-state index in [0.717, 1.165) is 12.1 Å². The lowest BCUT2D eigenvalue weighted by molar-refractivity contribution is 0.238. The molecule has 0 spiro atoms. The zero-order chi connectivity index (χ0) is 14.9. The van der Waals surface area contributed by atoms with Crippen molar-refractivity contribution in [2.24, 2.45) is 5.92 Å². The van der Waals surface area contributed by atoms with Crippen LogP contribution in [0.25, 0.3) is 0 Å². The molecule has 2 rings (SSSR count). The molecule has 1 aromatic rings. The van der Waals surface area contributed by atoms with Crippen molar-refractivity contribution >= 4 is 41.7 Å². The summed E-state index contributed by atoms with van der Waals surface area (Å²) in [4.78, 5) is 0. The van der Waals surface area contributed by atoms with E-state index in [1.807, 2.05) is 13.0 Å². The van der Waals surface area contributed by atoms with E-state index in [4.69, 9.17) is 44.1 Å². The van der Waals surface area contributed by atoms with Gasteiger partial charge in [-0.1, -0.05) is 37.0 Å². The highest BCUT2D eigenvalue weighted by atomic mass is 35.5. The Hall–Kier alpha value is 0.170. The first-order chi connectivity index (χ1) is 9.35. The molecule has 112 valence electrons. The van der Waals surface area contributed by atoms with Gasteiger partial charge in [0.1, 0.15) is 5.75 Å². The Bertz CT molecular complexity index is 553. The predicted octanol–water partition coefficient (Wildman–Crippen LogP) is 5.10. The summed E-state index contributed by atoms with van der Waals surface area (Å²) in [6.45, 7) is 5.79. The molecule has 0 amide bonds. The zero-order valence-electron chi connectivity index (χ0n) is 11.7. The minimum atomic E-state index is -2.48. The Morgan fingerprint density at radius 3 is 2.65 bits per heavy atom. The Morgan fingerprint density at radius 1 is 1.40 bits per heavy atom. The maximum Gasteiger partial charge on any atom is 0.315 e. The maximum atomic E-state index is 6.08. The molecule has 0 bridgehead atoms. The Labute approximate surface area is 135 Å². The summed E-state index contributed by atoms with van der Waals surface area (Å²) >= 11 is 17.8. The molecular formula is C13H18Cl2NO2PS. The normalized spacial score (nSPS) is 22.7. The van der Waals surface area contributed by atoms with Gasteiger partial charge < -0.3 is 9.05 Å². The van der Waals surface area contributed by atoms with Crippen LogP contribution in [0.4, 0.5) is 0 Å². The number of benzene rings is 1. The van der Waals surface area contributed by atoms with E-state index in [-0.39, 0.29) is 0 Å². The molecule has 1 unspecified atom stereocenters. The first kappa shape index (κ1) is 16.5. The van der Waals surface area contributed by atoms with Gasteiger partial charge in [0, 0.05) is 24.7 Å². The van der Waals surface area contributed by atoms with E-state index >= 15 is 0 Å². The Balaban J connectivity index is 2.39. The van der Waals surface area contributed by atoms with Gasteiger partial charge in [-0.05, 0) is 30.7 Å². The van der Waals surface area contributed by atoms with Crippen molar-refractivity contribution in [2.75, 3.05) is 13.2 Å². The number of fused-ring (bicyclic) bond motifs is 1. The number of hydrogen-bond acceptors (Lipinski definition) is 3. The van der Waals surface area contributed by atoms with Crippen molar-refractivity contribution in [1.29, 1.82) is 0 Å². The second-order valence-electron chi connectivity index (χ2n) is 5.09. The molecule has 1 heterocycles. The molecule has 20 heavy (non-hydrogen) atoms. The molecular weight excluding hydrogens is 336 g/mol. The maximum absolute atomic E-state index is 6.08. The van der Waals surface area contributed by atoms with Gasteiger partial charge in [0.05, 0.1) is 16.7 Å². The molecule has 1 aliphatic rings.